The fraction of sp³-hybridized carbons (Fsp3) is 0.133. The third kappa shape index (κ3) is 1.95. The second kappa shape index (κ2) is 4.18. The van der Waals surface area contributed by atoms with E-state index in [0.29, 0.717) is 0 Å². The first-order valence-corrected chi connectivity index (χ1v) is 6.01. The summed E-state index contributed by atoms with van der Waals surface area (Å²) in [6.07, 6.45) is 0.801. The SMILES string of the molecule is Cc1cccc(Cc2nc3c(N)cccc3[nH]2)c1. The van der Waals surface area contributed by atoms with E-state index in [1.807, 2.05) is 18.2 Å². The number of fused-ring (bicyclic) bond motifs is 1. The molecule has 2 aromatic carbocycles. The van der Waals surface area contributed by atoms with E-state index in [-0.39, 0.29) is 0 Å². The minimum Gasteiger partial charge on any atom is -0.397 e. The summed E-state index contributed by atoms with van der Waals surface area (Å²) in [7, 11) is 0. The van der Waals surface area contributed by atoms with Crippen molar-refractivity contribution in [2.24, 2.45) is 0 Å². The lowest BCUT2D eigenvalue weighted by atomic mass is 10.1. The quantitative estimate of drug-likeness (QED) is 0.673. The molecule has 0 aliphatic rings. The van der Waals surface area contributed by atoms with Gasteiger partial charge in [0.2, 0.25) is 0 Å². The van der Waals surface area contributed by atoms with Crippen LogP contribution in [0.2, 0.25) is 0 Å². The van der Waals surface area contributed by atoms with Gasteiger partial charge in [-0.15, -0.1) is 0 Å². The summed E-state index contributed by atoms with van der Waals surface area (Å²) < 4.78 is 0. The van der Waals surface area contributed by atoms with Crippen LogP contribution in [-0.2, 0) is 6.42 Å². The zero-order chi connectivity index (χ0) is 12.5. The molecule has 90 valence electrons. The highest BCUT2D eigenvalue weighted by atomic mass is 14.9. The van der Waals surface area contributed by atoms with Crippen LogP contribution in [-0.4, -0.2) is 9.97 Å². The number of benzene rings is 2. The molecule has 3 N–H and O–H groups in total. The lowest BCUT2D eigenvalue weighted by molar-refractivity contribution is 1.04. The molecule has 0 unspecified atom stereocenters. The van der Waals surface area contributed by atoms with Crippen LogP contribution in [0.3, 0.4) is 0 Å². The summed E-state index contributed by atoms with van der Waals surface area (Å²) in [6, 6.07) is 14.3. The van der Waals surface area contributed by atoms with Crippen LogP contribution in [0, 0.1) is 6.92 Å². The highest BCUT2D eigenvalue weighted by Crippen LogP contribution is 2.19. The van der Waals surface area contributed by atoms with Crippen molar-refractivity contribution >= 4 is 16.7 Å². The molecule has 0 radical (unpaired) electrons. The average Bonchev–Trinajstić information content (AvgIpc) is 2.73. The number of H-pyrrole nitrogens is 1. The Morgan fingerprint density at radius 2 is 2.00 bits per heavy atom. The molecule has 0 saturated heterocycles. The Morgan fingerprint density at radius 3 is 2.78 bits per heavy atom. The predicted octanol–water partition coefficient (Wildman–Crippen LogP) is 3.04. The fourth-order valence-electron chi connectivity index (χ4n) is 2.20. The molecule has 0 bridgehead atoms. The number of imidazole rings is 1. The molecule has 0 aliphatic carbocycles. The van der Waals surface area contributed by atoms with Crippen molar-refractivity contribution in [3.8, 4) is 0 Å². The first kappa shape index (κ1) is 10.8. The third-order valence-electron chi connectivity index (χ3n) is 3.05. The van der Waals surface area contributed by atoms with Crippen molar-refractivity contribution in [3.63, 3.8) is 0 Å². The van der Waals surface area contributed by atoms with E-state index in [1.165, 1.54) is 11.1 Å². The van der Waals surface area contributed by atoms with Gasteiger partial charge in [-0.05, 0) is 24.6 Å². The molecule has 1 heterocycles. The zero-order valence-corrected chi connectivity index (χ0v) is 10.3. The Bertz CT molecular complexity index is 698. The van der Waals surface area contributed by atoms with Crippen LogP contribution in [0.25, 0.3) is 11.0 Å². The summed E-state index contributed by atoms with van der Waals surface area (Å²) in [5.74, 6) is 0.952. The van der Waals surface area contributed by atoms with Crippen LogP contribution in [0.1, 0.15) is 17.0 Å². The second-order valence-corrected chi connectivity index (χ2v) is 4.59. The molecule has 0 amide bonds. The Morgan fingerprint density at radius 1 is 1.17 bits per heavy atom. The Labute approximate surface area is 106 Å². The number of rotatable bonds is 2. The van der Waals surface area contributed by atoms with Gasteiger partial charge < -0.3 is 10.7 Å². The highest BCUT2D eigenvalue weighted by molar-refractivity contribution is 5.86. The third-order valence-corrected chi connectivity index (χ3v) is 3.05. The van der Waals surface area contributed by atoms with Crippen molar-refractivity contribution < 1.29 is 0 Å². The molecule has 3 nitrogen and oxygen atoms in total. The summed E-state index contributed by atoms with van der Waals surface area (Å²) in [6.45, 7) is 2.10. The molecular formula is C15H15N3. The number of nitrogen functional groups attached to an aromatic ring is 1. The lowest BCUT2D eigenvalue weighted by Crippen LogP contribution is -1.91. The number of nitrogens with two attached hydrogens (primary N) is 1. The molecule has 18 heavy (non-hydrogen) atoms. The van der Waals surface area contributed by atoms with Crippen LogP contribution < -0.4 is 5.73 Å². The van der Waals surface area contributed by atoms with Crippen molar-refractivity contribution in [2.75, 3.05) is 5.73 Å². The van der Waals surface area contributed by atoms with Gasteiger partial charge in [0.15, 0.2) is 0 Å². The van der Waals surface area contributed by atoms with Gasteiger partial charge in [-0.1, -0.05) is 35.9 Å². The Hall–Kier alpha value is -2.29. The molecule has 1 aromatic heterocycles. The van der Waals surface area contributed by atoms with E-state index >= 15 is 0 Å². The molecule has 3 heteroatoms. The van der Waals surface area contributed by atoms with Crippen LogP contribution in [0.15, 0.2) is 42.5 Å². The molecule has 0 aliphatic heterocycles. The summed E-state index contributed by atoms with van der Waals surface area (Å²) in [4.78, 5) is 7.87. The topological polar surface area (TPSA) is 54.7 Å². The standard InChI is InChI=1S/C15H15N3/c1-10-4-2-5-11(8-10)9-14-17-13-7-3-6-12(16)15(13)18-14/h2-8H,9,16H2,1H3,(H,17,18). The van der Waals surface area contributed by atoms with Gasteiger partial charge in [-0.3, -0.25) is 0 Å². The molecule has 0 spiro atoms. The van der Waals surface area contributed by atoms with E-state index in [9.17, 15) is 0 Å². The molecule has 0 saturated carbocycles. The highest BCUT2D eigenvalue weighted by Gasteiger charge is 2.05. The predicted molar refractivity (Wildman–Crippen MR) is 74.5 cm³/mol. The number of aromatic nitrogens is 2. The number of nitrogens with one attached hydrogen (secondary N) is 1. The van der Waals surface area contributed by atoms with Gasteiger partial charge in [-0.2, -0.15) is 0 Å². The second-order valence-electron chi connectivity index (χ2n) is 4.59. The van der Waals surface area contributed by atoms with Gasteiger partial charge in [0.05, 0.1) is 11.2 Å². The maximum absolute atomic E-state index is 5.90. The largest absolute Gasteiger partial charge is 0.397 e. The van der Waals surface area contributed by atoms with Gasteiger partial charge in [0, 0.05) is 6.42 Å². The Balaban J connectivity index is 1.98. The molecule has 0 atom stereocenters. The average molecular weight is 237 g/mol. The number of anilines is 1. The van der Waals surface area contributed by atoms with E-state index in [2.05, 4.69) is 41.2 Å². The first-order valence-electron chi connectivity index (χ1n) is 6.01. The van der Waals surface area contributed by atoms with E-state index in [4.69, 9.17) is 5.73 Å². The van der Waals surface area contributed by atoms with Gasteiger partial charge in [0.1, 0.15) is 11.3 Å². The van der Waals surface area contributed by atoms with E-state index in [0.717, 1.165) is 29.0 Å². The number of nitrogens with zero attached hydrogens (tertiary/aromatic N) is 1. The van der Waals surface area contributed by atoms with Gasteiger partial charge in [-0.25, -0.2) is 4.98 Å². The normalized spacial score (nSPS) is 10.9. The van der Waals surface area contributed by atoms with Crippen LogP contribution >= 0.6 is 0 Å². The van der Waals surface area contributed by atoms with E-state index < -0.39 is 0 Å². The van der Waals surface area contributed by atoms with Crippen LogP contribution in [0.4, 0.5) is 5.69 Å². The number of aromatic amines is 1. The Kier molecular flexibility index (Phi) is 2.52. The molecule has 3 rings (SSSR count). The summed E-state index contributed by atoms with van der Waals surface area (Å²) in [5, 5.41) is 0. The van der Waals surface area contributed by atoms with Crippen LogP contribution in [0.5, 0.6) is 0 Å². The van der Waals surface area contributed by atoms with Crippen molar-refractivity contribution in [2.45, 2.75) is 13.3 Å². The summed E-state index contributed by atoms with van der Waals surface area (Å²) >= 11 is 0. The zero-order valence-electron chi connectivity index (χ0n) is 10.3. The monoisotopic (exact) mass is 237 g/mol. The fourth-order valence-corrected chi connectivity index (χ4v) is 2.20. The molecular weight excluding hydrogens is 222 g/mol. The van der Waals surface area contributed by atoms with E-state index in [1.54, 1.807) is 0 Å². The van der Waals surface area contributed by atoms with Gasteiger partial charge >= 0.3 is 0 Å². The maximum atomic E-state index is 5.90. The number of hydrogen-bond acceptors (Lipinski definition) is 2. The first-order chi connectivity index (χ1) is 8.72. The smallest absolute Gasteiger partial charge is 0.111 e. The minimum absolute atomic E-state index is 0.722. The molecule has 0 fully saturated rings. The summed E-state index contributed by atoms with van der Waals surface area (Å²) in [5.41, 5.74) is 11.0. The molecule has 3 aromatic rings. The maximum Gasteiger partial charge on any atom is 0.111 e. The van der Waals surface area contributed by atoms with Crippen molar-refractivity contribution in [1.82, 2.24) is 9.97 Å². The van der Waals surface area contributed by atoms with Crippen molar-refractivity contribution in [3.05, 3.63) is 59.4 Å². The number of aryl methyl sites for hydroxylation is 1. The minimum atomic E-state index is 0.722. The number of para-hydroxylation sites is 1. The number of hydrogen-bond donors (Lipinski definition) is 2. The lowest BCUT2D eigenvalue weighted by Gasteiger charge is -1.99. The van der Waals surface area contributed by atoms with Crippen molar-refractivity contribution in [1.29, 1.82) is 0 Å². The van der Waals surface area contributed by atoms with Gasteiger partial charge in [0.25, 0.3) is 0 Å².